The molecule has 2 amide bonds. The molecule has 0 atom stereocenters. The number of unbranched alkanes of at least 4 members (excludes halogenated alkanes) is 1. The average molecular weight is 145 g/mol. The van der Waals surface area contributed by atoms with Crippen LogP contribution in [0.2, 0.25) is 0 Å². The van der Waals surface area contributed by atoms with E-state index in [4.69, 9.17) is 5.84 Å². The summed E-state index contributed by atoms with van der Waals surface area (Å²) in [6, 6.07) is -0.228. The number of amides is 2. The molecule has 60 valence electrons. The molecule has 0 unspecified atom stereocenters. The summed E-state index contributed by atoms with van der Waals surface area (Å²) in [7, 11) is 1.52. The summed E-state index contributed by atoms with van der Waals surface area (Å²) in [5, 5.41) is 3.68. The molecule has 0 radical (unpaired) electrons. The first kappa shape index (κ1) is 9.23. The van der Waals surface area contributed by atoms with Gasteiger partial charge < -0.3 is 5.32 Å². The van der Waals surface area contributed by atoms with Crippen molar-refractivity contribution in [2.75, 3.05) is 13.6 Å². The molecule has 0 saturated carbocycles. The molecule has 0 aliphatic rings. The Bertz CT molecular complexity index is 103. The van der Waals surface area contributed by atoms with Gasteiger partial charge >= 0.3 is 6.03 Å². The van der Waals surface area contributed by atoms with Gasteiger partial charge in [0.1, 0.15) is 0 Å². The zero-order valence-corrected chi connectivity index (χ0v) is 6.55. The van der Waals surface area contributed by atoms with Crippen LogP contribution in [0.3, 0.4) is 0 Å². The number of hydrazine groups is 1. The maximum Gasteiger partial charge on any atom is 0.331 e. The van der Waals surface area contributed by atoms with E-state index in [2.05, 4.69) is 12.2 Å². The van der Waals surface area contributed by atoms with Gasteiger partial charge in [0.25, 0.3) is 0 Å². The summed E-state index contributed by atoms with van der Waals surface area (Å²) < 4.78 is 0. The molecule has 0 aromatic rings. The van der Waals surface area contributed by atoms with Crippen molar-refractivity contribution < 1.29 is 4.79 Å². The SMILES string of the molecule is CCCCNC(=O)N(C)N. The van der Waals surface area contributed by atoms with E-state index in [0.29, 0.717) is 6.54 Å². The second-order valence-corrected chi connectivity index (χ2v) is 2.20. The number of carbonyl (C=O) groups excluding carboxylic acids is 1. The van der Waals surface area contributed by atoms with E-state index in [9.17, 15) is 4.79 Å². The highest BCUT2D eigenvalue weighted by Crippen LogP contribution is 1.82. The van der Waals surface area contributed by atoms with Gasteiger partial charge in [-0.25, -0.2) is 10.6 Å². The normalized spacial score (nSPS) is 9.10. The van der Waals surface area contributed by atoms with Crippen LogP contribution in [0, 0.1) is 0 Å². The standard InChI is InChI=1S/C6H15N3O/c1-3-4-5-8-6(10)9(2)7/h3-5,7H2,1-2H3,(H,8,10). The molecule has 0 bridgehead atoms. The summed E-state index contributed by atoms with van der Waals surface area (Å²) in [5.41, 5.74) is 0. The molecule has 0 aliphatic heterocycles. The molecule has 10 heavy (non-hydrogen) atoms. The van der Waals surface area contributed by atoms with Gasteiger partial charge in [-0.05, 0) is 6.42 Å². The minimum atomic E-state index is -0.228. The molecule has 0 aliphatic carbocycles. The lowest BCUT2D eigenvalue weighted by Crippen LogP contribution is -2.41. The van der Waals surface area contributed by atoms with E-state index in [1.165, 1.54) is 7.05 Å². The van der Waals surface area contributed by atoms with Crippen LogP contribution in [-0.4, -0.2) is 24.6 Å². The third-order valence-corrected chi connectivity index (χ3v) is 1.13. The Morgan fingerprint density at radius 3 is 2.70 bits per heavy atom. The largest absolute Gasteiger partial charge is 0.337 e. The lowest BCUT2D eigenvalue weighted by molar-refractivity contribution is 0.209. The van der Waals surface area contributed by atoms with E-state index >= 15 is 0 Å². The molecule has 0 saturated heterocycles. The summed E-state index contributed by atoms with van der Waals surface area (Å²) in [4.78, 5) is 10.7. The Kier molecular flexibility index (Phi) is 4.66. The number of nitrogens with zero attached hydrogens (tertiary/aromatic N) is 1. The summed E-state index contributed by atoms with van der Waals surface area (Å²) in [6.45, 7) is 2.77. The zero-order chi connectivity index (χ0) is 7.98. The smallest absolute Gasteiger partial charge is 0.331 e. The second kappa shape index (κ2) is 5.05. The number of rotatable bonds is 3. The lowest BCUT2D eigenvalue weighted by atomic mass is 10.3. The Balaban J connectivity index is 3.22. The molecular formula is C6H15N3O. The molecule has 4 nitrogen and oxygen atoms in total. The highest BCUT2D eigenvalue weighted by molar-refractivity contribution is 5.72. The van der Waals surface area contributed by atoms with Crippen LogP contribution in [0.1, 0.15) is 19.8 Å². The van der Waals surface area contributed by atoms with Crippen LogP contribution < -0.4 is 11.2 Å². The molecule has 0 rings (SSSR count). The van der Waals surface area contributed by atoms with E-state index in [1.54, 1.807) is 0 Å². The fraction of sp³-hybridized carbons (Fsp3) is 0.833. The highest BCUT2D eigenvalue weighted by Gasteiger charge is 1.99. The van der Waals surface area contributed by atoms with Crippen molar-refractivity contribution >= 4 is 6.03 Å². The van der Waals surface area contributed by atoms with Gasteiger partial charge in [-0.3, -0.25) is 5.01 Å². The van der Waals surface area contributed by atoms with Gasteiger partial charge in [0.05, 0.1) is 0 Å². The number of nitrogens with one attached hydrogen (secondary N) is 1. The van der Waals surface area contributed by atoms with Gasteiger partial charge in [0.2, 0.25) is 0 Å². The highest BCUT2D eigenvalue weighted by atomic mass is 16.2. The minimum Gasteiger partial charge on any atom is -0.337 e. The van der Waals surface area contributed by atoms with Crippen molar-refractivity contribution in [3.8, 4) is 0 Å². The molecule has 0 heterocycles. The first-order chi connectivity index (χ1) is 4.68. The van der Waals surface area contributed by atoms with Gasteiger partial charge in [0.15, 0.2) is 0 Å². The van der Waals surface area contributed by atoms with Crippen LogP contribution in [0.25, 0.3) is 0 Å². The lowest BCUT2D eigenvalue weighted by Gasteiger charge is -2.10. The number of urea groups is 1. The summed E-state index contributed by atoms with van der Waals surface area (Å²) >= 11 is 0. The predicted molar refractivity (Wildman–Crippen MR) is 40.3 cm³/mol. The fourth-order valence-corrected chi connectivity index (χ4v) is 0.497. The average Bonchev–Trinajstić information content (AvgIpc) is 1.88. The van der Waals surface area contributed by atoms with Crippen LogP contribution in [0.4, 0.5) is 4.79 Å². The van der Waals surface area contributed by atoms with Crippen LogP contribution in [-0.2, 0) is 0 Å². The Morgan fingerprint density at radius 2 is 2.30 bits per heavy atom. The van der Waals surface area contributed by atoms with E-state index in [1.807, 2.05) is 0 Å². The first-order valence-corrected chi connectivity index (χ1v) is 3.44. The van der Waals surface area contributed by atoms with E-state index < -0.39 is 0 Å². The molecule has 4 heteroatoms. The number of hydrogen-bond donors (Lipinski definition) is 2. The topological polar surface area (TPSA) is 58.4 Å². The van der Waals surface area contributed by atoms with Gasteiger partial charge in [0, 0.05) is 13.6 Å². The minimum absolute atomic E-state index is 0.228. The van der Waals surface area contributed by atoms with Crippen molar-refractivity contribution in [1.82, 2.24) is 10.3 Å². The third kappa shape index (κ3) is 4.14. The summed E-state index contributed by atoms with van der Waals surface area (Å²) in [5.74, 6) is 5.14. The van der Waals surface area contributed by atoms with Crippen molar-refractivity contribution in [3.63, 3.8) is 0 Å². The number of carbonyl (C=O) groups is 1. The number of nitrogens with two attached hydrogens (primary N) is 1. The van der Waals surface area contributed by atoms with Crippen molar-refractivity contribution in [2.45, 2.75) is 19.8 Å². The predicted octanol–water partition coefficient (Wildman–Crippen LogP) is 0.302. The maximum atomic E-state index is 10.7. The van der Waals surface area contributed by atoms with Crippen LogP contribution >= 0.6 is 0 Å². The zero-order valence-electron chi connectivity index (χ0n) is 6.55. The monoisotopic (exact) mass is 145 g/mol. The quantitative estimate of drug-likeness (QED) is 0.260. The maximum absolute atomic E-state index is 10.7. The number of hydrogen-bond acceptors (Lipinski definition) is 2. The molecular weight excluding hydrogens is 130 g/mol. The Labute approximate surface area is 61.3 Å². The van der Waals surface area contributed by atoms with Gasteiger partial charge in [-0.1, -0.05) is 13.3 Å². The summed E-state index contributed by atoms with van der Waals surface area (Å²) in [6.07, 6.45) is 2.08. The molecule has 3 N–H and O–H groups in total. The Morgan fingerprint density at radius 1 is 1.70 bits per heavy atom. The molecule has 0 spiro atoms. The fourth-order valence-electron chi connectivity index (χ4n) is 0.497. The van der Waals surface area contributed by atoms with Gasteiger partial charge in [-0.15, -0.1) is 0 Å². The molecule has 0 aromatic heterocycles. The first-order valence-electron chi connectivity index (χ1n) is 3.44. The van der Waals surface area contributed by atoms with Crippen molar-refractivity contribution in [2.24, 2.45) is 5.84 Å². The third-order valence-electron chi connectivity index (χ3n) is 1.13. The molecule has 0 aromatic carbocycles. The van der Waals surface area contributed by atoms with Crippen LogP contribution in [0.15, 0.2) is 0 Å². The second-order valence-electron chi connectivity index (χ2n) is 2.20. The van der Waals surface area contributed by atoms with E-state index in [-0.39, 0.29) is 6.03 Å². The van der Waals surface area contributed by atoms with Gasteiger partial charge in [-0.2, -0.15) is 0 Å². The molecule has 0 fully saturated rings. The van der Waals surface area contributed by atoms with Crippen molar-refractivity contribution in [3.05, 3.63) is 0 Å². The van der Waals surface area contributed by atoms with Crippen LogP contribution in [0.5, 0.6) is 0 Å². The van der Waals surface area contributed by atoms with E-state index in [0.717, 1.165) is 17.9 Å². The van der Waals surface area contributed by atoms with Crippen molar-refractivity contribution in [1.29, 1.82) is 0 Å². The Hall–Kier alpha value is -0.770.